The fourth-order valence-electron chi connectivity index (χ4n) is 3.86. The van der Waals surface area contributed by atoms with Gasteiger partial charge < -0.3 is 15.2 Å². The van der Waals surface area contributed by atoms with Crippen molar-refractivity contribution in [1.29, 1.82) is 0 Å². The van der Waals surface area contributed by atoms with Gasteiger partial charge in [-0.15, -0.1) is 0 Å². The molecule has 1 saturated carbocycles. The van der Waals surface area contributed by atoms with Gasteiger partial charge in [-0.25, -0.2) is 4.79 Å². The highest BCUT2D eigenvalue weighted by atomic mass is 35.5. The van der Waals surface area contributed by atoms with Crippen LogP contribution in [0, 0.1) is 6.92 Å². The van der Waals surface area contributed by atoms with Gasteiger partial charge >= 0.3 is 6.03 Å². The Balaban J connectivity index is 1.64. The summed E-state index contributed by atoms with van der Waals surface area (Å²) >= 11 is 6.20. The van der Waals surface area contributed by atoms with Crippen molar-refractivity contribution in [3.05, 3.63) is 28.3 Å². The number of ether oxygens (including phenoxy) is 1. The highest BCUT2D eigenvalue weighted by molar-refractivity contribution is 6.31. The van der Waals surface area contributed by atoms with Crippen molar-refractivity contribution in [2.45, 2.75) is 64.0 Å². The largest absolute Gasteiger partial charge is 0.491 e. The van der Waals surface area contributed by atoms with E-state index in [2.05, 4.69) is 5.32 Å². The van der Waals surface area contributed by atoms with Gasteiger partial charge in [-0.05, 0) is 48.9 Å². The summed E-state index contributed by atoms with van der Waals surface area (Å²) in [4.78, 5) is 26.0. The number of urea groups is 1. The smallest absolute Gasteiger partial charge is 0.325 e. The summed E-state index contributed by atoms with van der Waals surface area (Å²) in [5.41, 5.74) is 1.09. The number of aliphatic hydroxyl groups is 1. The predicted octanol–water partition coefficient (Wildman–Crippen LogP) is 3.38. The summed E-state index contributed by atoms with van der Waals surface area (Å²) in [6.07, 6.45) is 2.23. The van der Waals surface area contributed by atoms with Gasteiger partial charge in [0.25, 0.3) is 5.91 Å². The summed E-state index contributed by atoms with van der Waals surface area (Å²) in [6.45, 7) is 5.89. The number of carbonyl (C=O) groups excluding carboxylic acids is 2. The lowest BCUT2D eigenvalue weighted by Gasteiger charge is -2.22. The topological polar surface area (TPSA) is 78.9 Å². The van der Waals surface area contributed by atoms with Gasteiger partial charge in [-0.3, -0.25) is 9.69 Å². The molecule has 0 unspecified atom stereocenters. The molecular weight excluding hydrogens is 368 g/mol. The van der Waals surface area contributed by atoms with Gasteiger partial charge in [0.05, 0.1) is 6.54 Å². The molecule has 1 aliphatic carbocycles. The van der Waals surface area contributed by atoms with Crippen LogP contribution < -0.4 is 10.1 Å². The first kappa shape index (κ1) is 20.0. The van der Waals surface area contributed by atoms with Gasteiger partial charge in [0.1, 0.15) is 24.0 Å². The van der Waals surface area contributed by atoms with E-state index in [1.54, 1.807) is 0 Å². The molecule has 1 spiro atoms. The fourth-order valence-corrected chi connectivity index (χ4v) is 4.03. The third-order valence-corrected chi connectivity index (χ3v) is 5.85. The number of imide groups is 1. The molecule has 1 heterocycles. The first-order chi connectivity index (χ1) is 12.7. The van der Waals surface area contributed by atoms with Crippen molar-refractivity contribution < 1.29 is 19.4 Å². The molecule has 1 aromatic rings. The van der Waals surface area contributed by atoms with Crippen LogP contribution in [0.4, 0.5) is 4.79 Å². The number of rotatable bonds is 6. The summed E-state index contributed by atoms with van der Waals surface area (Å²) in [5, 5.41) is 13.9. The zero-order valence-corrected chi connectivity index (χ0v) is 16.8. The number of nitrogens with zero attached hydrogens (tertiary/aromatic N) is 1. The van der Waals surface area contributed by atoms with E-state index in [1.165, 1.54) is 0 Å². The molecule has 0 bridgehead atoms. The van der Waals surface area contributed by atoms with E-state index in [1.807, 2.05) is 32.9 Å². The van der Waals surface area contributed by atoms with Crippen molar-refractivity contribution in [2.75, 3.05) is 13.2 Å². The highest BCUT2D eigenvalue weighted by Gasteiger charge is 2.52. The molecule has 2 fully saturated rings. The Bertz CT molecular complexity index is 744. The van der Waals surface area contributed by atoms with E-state index >= 15 is 0 Å². The number of benzene rings is 1. The number of carbonyl (C=O) groups is 2. The monoisotopic (exact) mass is 394 g/mol. The van der Waals surface area contributed by atoms with Crippen molar-refractivity contribution in [3.63, 3.8) is 0 Å². The second kappa shape index (κ2) is 7.68. The standard InChI is InChI=1S/C20H27ClN2O4/c1-12(2)15-9-16(21)13(3)8-17(15)27-11-14(24)10-23-18(25)20(22-19(23)26)6-4-5-7-20/h8-9,12,14,24H,4-7,10-11H2,1-3H3,(H,22,26)/t14-/m0/s1. The molecule has 1 aromatic carbocycles. The maximum absolute atomic E-state index is 12.7. The Morgan fingerprint density at radius 3 is 2.59 bits per heavy atom. The summed E-state index contributed by atoms with van der Waals surface area (Å²) < 4.78 is 5.82. The molecule has 6 nitrogen and oxygen atoms in total. The average molecular weight is 395 g/mol. The lowest BCUT2D eigenvalue weighted by atomic mass is 9.98. The van der Waals surface area contributed by atoms with E-state index in [9.17, 15) is 14.7 Å². The first-order valence-corrected chi connectivity index (χ1v) is 9.86. The second-order valence-electron chi connectivity index (χ2n) is 7.89. The van der Waals surface area contributed by atoms with Gasteiger partial charge in [-0.1, -0.05) is 38.3 Å². The molecule has 3 rings (SSSR count). The molecule has 148 valence electrons. The number of aliphatic hydroxyl groups excluding tert-OH is 1. The number of β-amino-alcohol motifs (C(OH)–C–C–N with tert-alkyl or cyclic N) is 1. The van der Waals surface area contributed by atoms with E-state index in [4.69, 9.17) is 16.3 Å². The van der Waals surface area contributed by atoms with Crippen molar-refractivity contribution in [1.82, 2.24) is 10.2 Å². The van der Waals surface area contributed by atoms with Crippen LogP contribution in [-0.2, 0) is 4.79 Å². The van der Waals surface area contributed by atoms with Gasteiger partial charge in [-0.2, -0.15) is 0 Å². The number of aryl methyl sites for hydroxylation is 1. The fraction of sp³-hybridized carbons (Fsp3) is 0.600. The normalized spacial score (nSPS) is 19.9. The van der Waals surface area contributed by atoms with Crippen molar-refractivity contribution in [3.8, 4) is 5.75 Å². The van der Waals surface area contributed by atoms with E-state index < -0.39 is 17.7 Å². The zero-order chi connectivity index (χ0) is 19.8. The van der Waals surface area contributed by atoms with Crippen LogP contribution in [0.15, 0.2) is 12.1 Å². The number of hydrogen-bond acceptors (Lipinski definition) is 4. The molecule has 0 radical (unpaired) electrons. The quantitative estimate of drug-likeness (QED) is 0.725. The van der Waals surface area contributed by atoms with Crippen LogP contribution in [0.5, 0.6) is 5.75 Å². The third-order valence-electron chi connectivity index (χ3n) is 5.44. The molecule has 1 saturated heterocycles. The van der Waals surface area contributed by atoms with E-state index in [0.29, 0.717) is 23.6 Å². The zero-order valence-electron chi connectivity index (χ0n) is 16.0. The number of hydrogen-bond donors (Lipinski definition) is 2. The molecule has 3 amide bonds. The Morgan fingerprint density at radius 1 is 1.30 bits per heavy atom. The maximum atomic E-state index is 12.7. The first-order valence-electron chi connectivity index (χ1n) is 9.48. The van der Waals surface area contributed by atoms with Crippen LogP contribution in [0.3, 0.4) is 0 Å². The number of halogens is 1. The van der Waals surface area contributed by atoms with Crippen molar-refractivity contribution in [2.24, 2.45) is 0 Å². The van der Waals surface area contributed by atoms with Crippen molar-refractivity contribution >= 4 is 23.5 Å². The summed E-state index contributed by atoms with van der Waals surface area (Å²) in [6, 6.07) is 3.31. The molecule has 27 heavy (non-hydrogen) atoms. The maximum Gasteiger partial charge on any atom is 0.325 e. The summed E-state index contributed by atoms with van der Waals surface area (Å²) in [5.74, 6) is 0.646. The number of amides is 3. The van der Waals surface area contributed by atoms with Gasteiger partial charge in [0.2, 0.25) is 0 Å². The van der Waals surface area contributed by atoms with E-state index in [0.717, 1.165) is 28.9 Å². The van der Waals surface area contributed by atoms with Crippen LogP contribution >= 0.6 is 11.6 Å². The molecule has 1 atom stereocenters. The van der Waals surface area contributed by atoms with Gasteiger partial charge in [0, 0.05) is 5.02 Å². The van der Waals surface area contributed by atoms with Crippen LogP contribution in [0.25, 0.3) is 0 Å². The molecule has 2 aliphatic rings. The van der Waals surface area contributed by atoms with Crippen LogP contribution in [-0.4, -0.2) is 46.7 Å². The Hall–Kier alpha value is -1.79. The molecule has 7 heteroatoms. The Morgan fingerprint density at radius 2 is 1.96 bits per heavy atom. The van der Waals surface area contributed by atoms with Crippen LogP contribution in [0.1, 0.15) is 56.6 Å². The Kier molecular flexibility index (Phi) is 5.68. The highest BCUT2D eigenvalue weighted by Crippen LogP contribution is 2.35. The molecule has 1 aliphatic heterocycles. The van der Waals surface area contributed by atoms with E-state index in [-0.39, 0.29) is 25.0 Å². The SMILES string of the molecule is Cc1cc(OC[C@@H](O)CN2C(=O)NC3(CCCC3)C2=O)c(C(C)C)cc1Cl. The molecule has 0 aromatic heterocycles. The minimum absolute atomic E-state index is 0.00908. The average Bonchev–Trinajstić information content (AvgIpc) is 3.16. The molecule has 2 N–H and O–H groups in total. The number of nitrogens with one attached hydrogen (secondary N) is 1. The Labute approximate surface area is 164 Å². The van der Waals surface area contributed by atoms with Crippen LogP contribution in [0.2, 0.25) is 5.02 Å². The summed E-state index contributed by atoms with van der Waals surface area (Å²) in [7, 11) is 0. The lowest BCUT2D eigenvalue weighted by Crippen LogP contribution is -2.45. The third kappa shape index (κ3) is 3.92. The minimum atomic E-state index is -0.966. The minimum Gasteiger partial charge on any atom is -0.491 e. The van der Waals surface area contributed by atoms with Gasteiger partial charge in [0.15, 0.2) is 0 Å². The second-order valence-corrected chi connectivity index (χ2v) is 8.30. The predicted molar refractivity (Wildman–Crippen MR) is 103 cm³/mol. The lowest BCUT2D eigenvalue weighted by molar-refractivity contribution is -0.132. The molecular formula is C20H27ClN2O4.